The first kappa shape index (κ1) is 11.6. The van der Waals surface area contributed by atoms with Gasteiger partial charge < -0.3 is 10.8 Å². The molecule has 15 heavy (non-hydrogen) atoms. The lowest BCUT2D eigenvalue weighted by Crippen LogP contribution is -2.42. The maximum atomic E-state index is 12.0. The highest BCUT2D eigenvalue weighted by molar-refractivity contribution is 5.79. The summed E-state index contributed by atoms with van der Waals surface area (Å²) >= 11 is 0. The summed E-state index contributed by atoms with van der Waals surface area (Å²) in [7, 11) is 0. The summed E-state index contributed by atoms with van der Waals surface area (Å²) in [6.45, 7) is 0.909. The molecule has 1 aromatic heterocycles. The highest BCUT2D eigenvalue weighted by Crippen LogP contribution is 2.15. The zero-order chi connectivity index (χ0) is 11.5. The van der Waals surface area contributed by atoms with E-state index in [0.29, 0.717) is 0 Å². The number of aromatic nitrogens is 1. The van der Waals surface area contributed by atoms with Crippen molar-refractivity contribution < 1.29 is 14.3 Å². The fourth-order valence-electron chi connectivity index (χ4n) is 1.10. The molecule has 1 unspecified atom stereocenters. The molecule has 5 heteroatoms. The van der Waals surface area contributed by atoms with Crippen LogP contribution < -0.4 is 5.73 Å². The number of aryl methyl sites for hydroxylation is 1. The summed E-state index contributed by atoms with van der Waals surface area (Å²) in [5, 5.41) is 8.84. The topological polar surface area (TPSA) is 76.2 Å². The molecule has 3 N–H and O–H groups in total. The van der Waals surface area contributed by atoms with Crippen LogP contribution in [0.2, 0.25) is 0 Å². The maximum absolute atomic E-state index is 12.0. The molecule has 0 aliphatic carbocycles. The number of rotatable bonds is 4. The van der Waals surface area contributed by atoms with Gasteiger partial charge in [0.25, 0.3) is 0 Å². The Morgan fingerprint density at radius 3 is 2.73 bits per heavy atom. The van der Waals surface area contributed by atoms with Crippen molar-refractivity contribution in [3.63, 3.8) is 0 Å². The predicted octanol–water partition coefficient (Wildman–Crippen LogP) is 0.852. The average molecular weight is 212 g/mol. The van der Waals surface area contributed by atoms with Gasteiger partial charge in [-0.1, -0.05) is 6.07 Å². The quantitative estimate of drug-likeness (QED) is 0.775. The summed E-state index contributed by atoms with van der Waals surface area (Å²) in [6.07, 6.45) is 1.73. The normalized spacial score (nSPS) is 14.6. The molecule has 1 heterocycles. The zero-order valence-corrected chi connectivity index (χ0v) is 8.40. The minimum absolute atomic E-state index is 0.262. The summed E-state index contributed by atoms with van der Waals surface area (Å²) < 4.78 is 12.0. The highest BCUT2D eigenvalue weighted by atomic mass is 19.1. The molecule has 1 aromatic rings. The largest absolute Gasteiger partial charge is 0.480 e. The van der Waals surface area contributed by atoms with E-state index in [1.807, 2.05) is 0 Å². The number of nitrogens with two attached hydrogens (primary N) is 1. The van der Waals surface area contributed by atoms with Crippen molar-refractivity contribution >= 4 is 5.97 Å². The van der Waals surface area contributed by atoms with Gasteiger partial charge in [0.15, 0.2) is 5.54 Å². The van der Waals surface area contributed by atoms with Gasteiger partial charge in [0.05, 0.1) is 12.4 Å². The molecule has 0 saturated carbocycles. The maximum Gasteiger partial charge on any atom is 0.329 e. The molecule has 82 valence electrons. The van der Waals surface area contributed by atoms with Crippen LogP contribution in [-0.2, 0) is 16.8 Å². The zero-order valence-electron chi connectivity index (χ0n) is 8.40. The summed E-state index contributed by atoms with van der Waals surface area (Å²) in [5.41, 5.74) is 5.05. The third-order valence-electron chi connectivity index (χ3n) is 2.18. The van der Waals surface area contributed by atoms with E-state index in [2.05, 4.69) is 4.98 Å². The Morgan fingerprint density at radius 1 is 1.67 bits per heavy atom. The van der Waals surface area contributed by atoms with E-state index < -0.39 is 18.2 Å². The van der Waals surface area contributed by atoms with Gasteiger partial charge in [-0.15, -0.1) is 0 Å². The molecular formula is C10H13FN2O2. The van der Waals surface area contributed by atoms with E-state index >= 15 is 0 Å². The molecule has 0 fully saturated rings. The number of carboxylic acids is 1. The standard InChI is InChI=1S/C10H13FN2O2/c1-10(12,9(14)15)8-3-2-7(4-5-11)6-13-8/h2-3,6H,4-5,12H2,1H3,(H,14,15). The summed E-state index contributed by atoms with van der Waals surface area (Å²) in [4.78, 5) is 14.7. The van der Waals surface area contributed by atoms with E-state index in [4.69, 9.17) is 10.8 Å². The lowest BCUT2D eigenvalue weighted by molar-refractivity contribution is -0.143. The van der Waals surface area contributed by atoms with Gasteiger partial charge in [-0.05, 0) is 18.6 Å². The van der Waals surface area contributed by atoms with Gasteiger partial charge in [0.2, 0.25) is 0 Å². The highest BCUT2D eigenvalue weighted by Gasteiger charge is 2.31. The molecule has 4 nitrogen and oxygen atoms in total. The predicted molar refractivity (Wildman–Crippen MR) is 53.1 cm³/mol. The fourth-order valence-corrected chi connectivity index (χ4v) is 1.10. The molecule has 0 saturated heterocycles. The van der Waals surface area contributed by atoms with Crippen LogP contribution in [0.1, 0.15) is 18.2 Å². The summed E-state index contributed by atoms with van der Waals surface area (Å²) in [6, 6.07) is 3.15. The lowest BCUT2D eigenvalue weighted by Gasteiger charge is -2.18. The Labute approximate surface area is 86.9 Å². The Hall–Kier alpha value is -1.49. The van der Waals surface area contributed by atoms with Gasteiger partial charge in [-0.2, -0.15) is 0 Å². The molecule has 0 bridgehead atoms. The van der Waals surface area contributed by atoms with Crippen molar-refractivity contribution in [2.45, 2.75) is 18.9 Å². The van der Waals surface area contributed by atoms with Crippen molar-refractivity contribution in [3.05, 3.63) is 29.6 Å². The number of aliphatic carboxylic acids is 1. The number of carboxylic acid groups (broad SMARTS) is 1. The van der Waals surface area contributed by atoms with Crippen LogP contribution in [0.4, 0.5) is 4.39 Å². The third kappa shape index (κ3) is 2.50. The Kier molecular flexibility index (Phi) is 3.36. The lowest BCUT2D eigenvalue weighted by atomic mass is 9.98. The fraction of sp³-hybridized carbons (Fsp3) is 0.400. The van der Waals surface area contributed by atoms with Crippen LogP contribution >= 0.6 is 0 Å². The van der Waals surface area contributed by atoms with Crippen LogP contribution in [0.15, 0.2) is 18.3 Å². The number of hydrogen-bond acceptors (Lipinski definition) is 3. The van der Waals surface area contributed by atoms with E-state index in [1.54, 1.807) is 6.07 Å². The monoisotopic (exact) mass is 212 g/mol. The molecule has 1 rings (SSSR count). The van der Waals surface area contributed by atoms with Crippen molar-refractivity contribution in [1.82, 2.24) is 4.98 Å². The van der Waals surface area contributed by atoms with Crippen molar-refractivity contribution in [3.8, 4) is 0 Å². The first-order chi connectivity index (χ1) is 6.98. The SMILES string of the molecule is CC(N)(C(=O)O)c1ccc(CCF)cn1. The molecule has 0 aliphatic rings. The number of alkyl halides is 1. The molecule has 0 aliphatic heterocycles. The second-order valence-corrected chi connectivity index (χ2v) is 3.50. The summed E-state index contributed by atoms with van der Waals surface area (Å²) in [5.74, 6) is -1.15. The molecule has 0 aromatic carbocycles. The molecule has 0 spiro atoms. The van der Waals surface area contributed by atoms with E-state index in [9.17, 15) is 9.18 Å². The Balaban J connectivity index is 2.93. The van der Waals surface area contributed by atoms with Gasteiger partial charge >= 0.3 is 5.97 Å². The molecule has 1 atom stereocenters. The van der Waals surface area contributed by atoms with Gasteiger partial charge in [-0.3, -0.25) is 9.37 Å². The third-order valence-corrected chi connectivity index (χ3v) is 2.18. The number of halogens is 1. The van der Waals surface area contributed by atoms with Crippen molar-refractivity contribution in [2.75, 3.05) is 6.67 Å². The average Bonchev–Trinajstić information content (AvgIpc) is 2.19. The Morgan fingerprint density at radius 2 is 2.33 bits per heavy atom. The number of pyridine rings is 1. The van der Waals surface area contributed by atoms with Gasteiger partial charge in [-0.25, -0.2) is 4.79 Å². The minimum atomic E-state index is -1.51. The molecule has 0 amide bonds. The van der Waals surface area contributed by atoms with Crippen LogP contribution in [0.3, 0.4) is 0 Å². The van der Waals surface area contributed by atoms with Crippen LogP contribution in [0, 0.1) is 0 Å². The van der Waals surface area contributed by atoms with Crippen LogP contribution in [0.5, 0.6) is 0 Å². The van der Waals surface area contributed by atoms with E-state index in [0.717, 1.165) is 5.56 Å². The number of hydrogen-bond donors (Lipinski definition) is 2. The van der Waals surface area contributed by atoms with E-state index in [-0.39, 0.29) is 12.1 Å². The second-order valence-electron chi connectivity index (χ2n) is 3.50. The minimum Gasteiger partial charge on any atom is -0.480 e. The van der Waals surface area contributed by atoms with Gasteiger partial charge in [0, 0.05) is 12.6 Å². The van der Waals surface area contributed by atoms with Crippen LogP contribution in [-0.4, -0.2) is 22.7 Å². The van der Waals surface area contributed by atoms with Crippen LogP contribution in [0.25, 0.3) is 0 Å². The first-order valence-electron chi connectivity index (χ1n) is 4.52. The van der Waals surface area contributed by atoms with Gasteiger partial charge in [0.1, 0.15) is 0 Å². The first-order valence-corrected chi connectivity index (χ1v) is 4.52. The molecule has 0 radical (unpaired) electrons. The number of carbonyl (C=O) groups is 1. The smallest absolute Gasteiger partial charge is 0.329 e. The van der Waals surface area contributed by atoms with Crippen molar-refractivity contribution in [1.29, 1.82) is 0 Å². The van der Waals surface area contributed by atoms with E-state index in [1.165, 1.54) is 19.2 Å². The number of nitrogens with zero attached hydrogens (tertiary/aromatic N) is 1. The molecular weight excluding hydrogens is 199 g/mol. The second kappa shape index (κ2) is 4.35. The Bertz CT molecular complexity index is 349. The van der Waals surface area contributed by atoms with Crippen molar-refractivity contribution in [2.24, 2.45) is 5.73 Å².